The van der Waals surface area contributed by atoms with Crippen molar-refractivity contribution in [3.05, 3.63) is 33.3 Å². The molecule has 0 aromatic heterocycles. The maximum atomic E-state index is 11.8. The lowest BCUT2D eigenvalue weighted by Gasteiger charge is -2.03. The van der Waals surface area contributed by atoms with Gasteiger partial charge in [-0.3, -0.25) is 9.59 Å². The number of halogens is 2. The highest BCUT2D eigenvalue weighted by Crippen LogP contribution is 2.23. The van der Waals surface area contributed by atoms with Gasteiger partial charge in [-0.1, -0.05) is 27.5 Å². The van der Waals surface area contributed by atoms with E-state index in [4.69, 9.17) is 11.6 Å². The summed E-state index contributed by atoms with van der Waals surface area (Å²) in [5, 5.41) is 0.419. The number of hydrogen-bond acceptors (Lipinski definition) is 3. The van der Waals surface area contributed by atoms with Gasteiger partial charge in [-0.15, -0.1) is 0 Å². The third-order valence-corrected chi connectivity index (χ3v) is 3.05. The highest BCUT2D eigenvalue weighted by Gasteiger charge is 2.11. The van der Waals surface area contributed by atoms with Crippen molar-refractivity contribution >= 4 is 39.3 Å². The molecule has 1 aromatic carbocycles. The fourth-order valence-corrected chi connectivity index (χ4v) is 2.12. The van der Waals surface area contributed by atoms with Crippen molar-refractivity contribution in [2.75, 3.05) is 7.11 Å². The van der Waals surface area contributed by atoms with Crippen molar-refractivity contribution in [1.82, 2.24) is 0 Å². The molecular weight excluding hydrogens is 307 g/mol. The SMILES string of the molecule is COC(=O)CCCC(=O)c1ccc(Br)cc1Cl. The van der Waals surface area contributed by atoms with Gasteiger partial charge in [-0.05, 0) is 24.6 Å². The van der Waals surface area contributed by atoms with Gasteiger partial charge < -0.3 is 4.74 Å². The fourth-order valence-electron chi connectivity index (χ4n) is 1.35. The molecule has 0 spiro atoms. The Bertz CT molecular complexity index is 432. The number of rotatable bonds is 5. The van der Waals surface area contributed by atoms with Crippen molar-refractivity contribution in [3.63, 3.8) is 0 Å². The molecule has 0 fully saturated rings. The average molecular weight is 320 g/mol. The fraction of sp³-hybridized carbons (Fsp3) is 0.333. The Labute approximate surface area is 113 Å². The molecule has 0 aliphatic heterocycles. The third-order valence-electron chi connectivity index (χ3n) is 2.24. The molecule has 0 aliphatic rings. The number of carbonyl (C=O) groups excluding carboxylic acids is 2. The third kappa shape index (κ3) is 4.48. The zero-order chi connectivity index (χ0) is 12.8. The number of ether oxygens (including phenoxy) is 1. The minimum absolute atomic E-state index is 0.0635. The number of hydrogen-bond donors (Lipinski definition) is 0. The van der Waals surface area contributed by atoms with E-state index in [1.165, 1.54) is 7.11 Å². The van der Waals surface area contributed by atoms with Gasteiger partial charge in [0.1, 0.15) is 0 Å². The lowest BCUT2D eigenvalue weighted by molar-refractivity contribution is -0.140. The molecule has 0 heterocycles. The summed E-state index contributed by atoms with van der Waals surface area (Å²) in [4.78, 5) is 22.7. The lowest BCUT2D eigenvalue weighted by Crippen LogP contribution is -2.04. The van der Waals surface area contributed by atoms with E-state index in [9.17, 15) is 9.59 Å². The van der Waals surface area contributed by atoms with Crippen LogP contribution in [0.2, 0.25) is 5.02 Å². The zero-order valence-electron chi connectivity index (χ0n) is 9.33. The van der Waals surface area contributed by atoms with Crippen molar-refractivity contribution in [2.45, 2.75) is 19.3 Å². The molecule has 92 valence electrons. The number of ketones is 1. The molecule has 1 rings (SSSR count). The molecule has 0 amide bonds. The number of methoxy groups -OCH3 is 1. The van der Waals surface area contributed by atoms with Crippen molar-refractivity contribution < 1.29 is 14.3 Å². The average Bonchev–Trinajstić information content (AvgIpc) is 2.28. The first-order valence-electron chi connectivity index (χ1n) is 5.09. The topological polar surface area (TPSA) is 43.4 Å². The number of Topliss-reactive ketones (excluding diaryl/α,β-unsaturated/α-hetero) is 1. The van der Waals surface area contributed by atoms with Crippen LogP contribution >= 0.6 is 27.5 Å². The van der Waals surface area contributed by atoms with E-state index in [0.29, 0.717) is 17.0 Å². The van der Waals surface area contributed by atoms with Gasteiger partial charge in [0.25, 0.3) is 0 Å². The molecule has 5 heteroatoms. The Kier molecular flexibility index (Phi) is 5.65. The minimum Gasteiger partial charge on any atom is -0.469 e. The highest BCUT2D eigenvalue weighted by molar-refractivity contribution is 9.10. The van der Waals surface area contributed by atoms with E-state index >= 15 is 0 Å². The first kappa shape index (κ1) is 14.2. The zero-order valence-corrected chi connectivity index (χ0v) is 11.7. The molecule has 0 bridgehead atoms. The second-order valence-corrected chi connectivity index (χ2v) is 4.80. The largest absolute Gasteiger partial charge is 0.469 e. The molecule has 0 atom stereocenters. The quantitative estimate of drug-likeness (QED) is 0.615. The monoisotopic (exact) mass is 318 g/mol. The van der Waals surface area contributed by atoms with Crippen molar-refractivity contribution in [1.29, 1.82) is 0 Å². The number of esters is 1. The van der Waals surface area contributed by atoms with Crippen LogP contribution in [0.5, 0.6) is 0 Å². The predicted molar refractivity (Wildman–Crippen MR) is 69.3 cm³/mol. The second-order valence-electron chi connectivity index (χ2n) is 3.48. The molecular formula is C12H12BrClO3. The first-order chi connectivity index (χ1) is 8.04. The highest BCUT2D eigenvalue weighted by atomic mass is 79.9. The normalized spacial score (nSPS) is 10.1. The number of carbonyl (C=O) groups is 2. The summed E-state index contributed by atoms with van der Waals surface area (Å²) in [7, 11) is 1.33. The molecule has 3 nitrogen and oxygen atoms in total. The molecule has 0 unspecified atom stereocenters. The molecule has 0 N–H and O–H groups in total. The van der Waals surface area contributed by atoms with E-state index in [-0.39, 0.29) is 24.6 Å². The second kappa shape index (κ2) is 6.77. The maximum absolute atomic E-state index is 11.8. The molecule has 0 aliphatic carbocycles. The van der Waals surface area contributed by atoms with Crippen LogP contribution in [0.1, 0.15) is 29.6 Å². The first-order valence-corrected chi connectivity index (χ1v) is 6.26. The Morgan fingerprint density at radius 2 is 2.06 bits per heavy atom. The molecule has 0 radical (unpaired) electrons. The van der Waals surface area contributed by atoms with Crippen LogP contribution in [0.3, 0.4) is 0 Å². The van der Waals surface area contributed by atoms with Crippen molar-refractivity contribution in [2.24, 2.45) is 0 Å². The van der Waals surface area contributed by atoms with E-state index in [2.05, 4.69) is 20.7 Å². The van der Waals surface area contributed by atoms with Crippen LogP contribution < -0.4 is 0 Å². The van der Waals surface area contributed by atoms with Crippen molar-refractivity contribution in [3.8, 4) is 0 Å². The van der Waals surface area contributed by atoms with Gasteiger partial charge in [-0.2, -0.15) is 0 Å². The Morgan fingerprint density at radius 3 is 2.65 bits per heavy atom. The van der Waals surface area contributed by atoms with Gasteiger partial charge in [-0.25, -0.2) is 0 Å². The van der Waals surface area contributed by atoms with Crippen LogP contribution in [0.25, 0.3) is 0 Å². The van der Waals surface area contributed by atoms with Crippen LogP contribution in [0.15, 0.2) is 22.7 Å². The van der Waals surface area contributed by atoms with E-state index in [1.807, 2.05) is 0 Å². The van der Waals surface area contributed by atoms with Gasteiger partial charge >= 0.3 is 5.97 Å². The lowest BCUT2D eigenvalue weighted by atomic mass is 10.1. The maximum Gasteiger partial charge on any atom is 0.305 e. The van der Waals surface area contributed by atoms with Gasteiger partial charge in [0.05, 0.1) is 12.1 Å². The summed E-state index contributed by atoms with van der Waals surface area (Å²) in [6.45, 7) is 0. The molecule has 0 saturated heterocycles. The van der Waals surface area contributed by atoms with E-state index in [0.717, 1.165) is 4.47 Å². The van der Waals surface area contributed by atoms with Gasteiger partial charge in [0.15, 0.2) is 5.78 Å². The summed E-state index contributed by atoms with van der Waals surface area (Å²) < 4.78 is 5.32. The summed E-state index contributed by atoms with van der Waals surface area (Å²) in [6.07, 6.45) is 1.00. The van der Waals surface area contributed by atoms with E-state index < -0.39 is 0 Å². The summed E-state index contributed by atoms with van der Waals surface area (Å²) in [5.74, 6) is -0.369. The van der Waals surface area contributed by atoms with Gasteiger partial charge in [0, 0.05) is 22.9 Å². The van der Waals surface area contributed by atoms with E-state index in [1.54, 1.807) is 18.2 Å². The summed E-state index contributed by atoms with van der Waals surface area (Å²) >= 11 is 9.22. The number of benzene rings is 1. The predicted octanol–water partition coefficient (Wildman–Crippen LogP) is 3.63. The Morgan fingerprint density at radius 1 is 1.35 bits per heavy atom. The minimum atomic E-state index is -0.306. The van der Waals surface area contributed by atoms with Gasteiger partial charge in [0.2, 0.25) is 0 Å². The Balaban J connectivity index is 2.55. The van der Waals surface area contributed by atoms with Crippen LogP contribution in [0, 0.1) is 0 Å². The Hall–Kier alpha value is -0.870. The van der Waals surface area contributed by atoms with Crippen LogP contribution in [-0.2, 0) is 9.53 Å². The van der Waals surface area contributed by atoms with Crippen LogP contribution in [-0.4, -0.2) is 18.9 Å². The standard InChI is InChI=1S/C12H12BrClO3/c1-17-12(16)4-2-3-11(15)9-6-5-8(13)7-10(9)14/h5-7H,2-4H2,1H3. The smallest absolute Gasteiger partial charge is 0.305 e. The molecule has 17 heavy (non-hydrogen) atoms. The summed E-state index contributed by atoms with van der Waals surface area (Å²) in [6, 6.07) is 5.11. The summed E-state index contributed by atoms with van der Waals surface area (Å²) in [5.41, 5.74) is 0.486. The van der Waals surface area contributed by atoms with Crippen LogP contribution in [0.4, 0.5) is 0 Å². The molecule has 1 aromatic rings. The molecule has 0 saturated carbocycles.